The van der Waals surface area contributed by atoms with E-state index in [1.54, 1.807) is 11.3 Å². The summed E-state index contributed by atoms with van der Waals surface area (Å²) in [5, 5.41) is 4.59. The molecule has 1 aliphatic rings. The first-order valence-electron chi connectivity index (χ1n) is 9.35. The summed E-state index contributed by atoms with van der Waals surface area (Å²) in [7, 11) is 0. The molecule has 1 aliphatic heterocycles. The fraction of sp³-hybridized carbons (Fsp3) is 0.318. The monoisotopic (exact) mass is 459 g/mol. The number of hydrogen-bond donors (Lipinski definition) is 0. The van der Waals surface area contributed by atoms with E-state index in [0.717, 1.165) is 36.8 Å². The van der Waals surface area contributed by atoms with Crippen LogP contribution in [0.25, 0.3) is 11.3 Å². The van der Waals surface area contributed by atoms with Crippen LogP contribution in [0.2, 0.25) is 0 Å². The number of benzene rings is 2. The average Bonchev–Trinajstić information content (AvgIpc) is 3.05. The SMILES string of the molecule is Br.Cc1cc(C)c(-c2csc(=Nc3ccccc3)n2N2CCOCC2)c(C)c1. The van der Waals surface area contributed by atoms with Gasteiger partial charge in [-0.05, 0) is 44.0 Å². The lowest BCUT2D eigenvalue weighted by Crippen LogP contribution is -2.48. The van der Waals surface area contributed by atoms with E-state index in [2.05, 4.69) is 48.0 Å². The summed E-state index contributed by atoms with van der Waals surface area (Å²) in [6.45, 7) is 9.79. The highest BCUT2D eigenvalue weighted by Crippen LogP contribution is 2.29. The van der Waals surface area contributed by atoms with E-state index < -0.39 is 0 Å². The molecule has 1 fully saturated rings. The van der Waals surface area contributed by atoms with Crippen molar-refractivity contribution in [2.24, 2.45) is 4.99 Å². The van der Waals surface area contributed by atoms with Crippen molar-refractivity contribution in [2.45, 2.75) is 20.8 Å². The Morgan fingerprint density at radius 2 is 1.61 bits per heavy atom. The molecule has 0 bridgehead atoms. The highest BCUT2D eigenvalue weighted by molar-refractivity contribution is 8.93. The van der Waals surface area contributed by atoms with Gasteiger partial charge in [0.05, 0.1) is 37.7 Å². The molecule has 0 aliphatic carbocycles. The minimum atomic E-state index is 0. The summed E-state index contributed by atoms with van der Waals surface area (Å²) in [6, 6.07) is 14.7. The zero-order valence-electron chi connectivity index (χ0n) is 16.5. The number of hydrogen-bond acceptors (Lipinski definition) is 4. The molecule has 0 atom stereocenters. The first-order valence-corrected chi connectivity index (χ1v) is 10.2. The van der Waals surface area contributed by atoms with Crippen LogP contribution in [0.4, 0.5) is 5.69 Å². The second-order valence-corrected chi connectivity index (χ2v) is 7.84. The van der Waals surface area contributed by atoms with E-state index in [4.69, 9.17) is 9.73 Å². The van der Waals surface area contributed by atoms with Gasteiger partial charge in [0.1, 0.15) is 0 Å². The van der Waals surface area contributed by atoms with Crippen LogP contribution >= 0.6 is 28.3 Å². The lowest BCUT2D eigenvalue weighted by molar-refractivity contribution is 0.111. The first-order chi connectivity index (χ1) is 13.1. The van der Waals surface area contributed by atoms with Crippen LogP contribution in [0.1, 0.15) is 16.7 Å². The molecule has 0 N–H and O–H groups in total. The largest absolute Gasteiger partial charge is 0.378 e. The highest BCUT2D eigenvalue weighted by atomic mass is 79.9. The molecular formula is C22H26BrN3OS. The van der Waals surface area contributed by atoms with Crippen LogP contribution in [-0.2, 0) is 4.74 Å². The maximum Gasteiger partial charge on any atom is 0.209 e. The fourth-order valence-electron chi connectivity index (χ4n) is 3.77. The molecule has 6 heteroatoms. The molecule has 2 aromatic carbocycles. The van der Waals surface area contributed by atoms with Gasteiger partial charge in [0.2, 0.25) is 4.80 Å². The molecule has 3 aromatic rings. The second kappa shape index (κ2) is 9.07. The smallest absolute Gasteiger partial charge is 0.209 e. The molecule has 0 amide bonds. The van der Waals surface area contributed by atoms with Crippen molar-refractivity contribution >= 4 is 34.0 Å². The summed E-state index contributed by atoms with van der Waals surface area (Å²) >= 11 is 1.69. The summed E-state index contributed by atoms with van der Waals surface area (Å²) in [5.41, 5.74) is 7.41. The van der Waals surface area contributed by atoms with Gasteiger partial charge in [-0.1, -0.05) is 35.9 Å². The van der Waals surface area contributed by atoms with Gasteiger partial charge >= 0.3 is 0 Å². The van der Waals surface area contributed by atoms with Gasteiger partial charge in [0.25, 0.3) is 0 Å². The van der Waals surface area contributed by atoms with E-state index in [9.17, 15) is 0 Å². The van der Waals surface area contributed by atoms with Crippen LogP contribution in [0.15, 0.2) is 52.8 Å². The Morgan fingerprint density at radius 3 is 2.25 bits per heavy atom. The Morgan fingerprint density at radius 1 is 0.964 bits per heavy atom. The zero-order valence-corrected chi connectivity index (χ0v) is 19.0. The van der Waals surface area contributed by atoms with Crippen molar-refractivity contribution in [1.29, 1.82) is 0 Å². The Hall–Kier alpha value is -1.89. The van der Waals surface area contributed by atoms with Crippen molar-refractivity contribution in [3.05, 3.63) is 69.3 Å². The first kappa shape index (κ1) is 20.8. The predicted octanol–water partition coefficient (Wildman–Crippen LogP) is 4.92. The number of rotatable bonds is 3. The summed E-state index contributed by atoms with van der Waals surface area (Å²) < 4.78 is 7.88. The molecule has 0 radical (unpaired) electrons. The van der Waals surface area contributed by atoms with Gasteiger partial charge in [-0.15, -0.1) is 28.3 Å². The molecule has 0 saturated carbocycles. The number of thiazole rings is 1. The number of aromatic nitrogens is 1. The van der Waals surface area contributed by atoms with Crippen molar-refractivity contribution in [1.82, 2.24) is 4.68 Å². The molecule has 28 heavy (non-hydrogen) atoms. The van der Waals surface area contributed by atoms with Crippen molar-refractivity contribution in [2.75, 3.05) is 31.3 Å². The number of aryl methyl sites for hydroxylation is 3. The van der Waals surface area contributed by atoms with Gasteiger partial charge in [-0.25, -0.2) is 9.67 Å². The van der Waals surface area contributed by atoms with Gasteiger partial charge in [0.15, 0.2) is 0 Å². The second-order valence-electron chi connectivity index (χ2n) is 7.00. The topological polar surface area (TPSA) is 29.8 Å². The number of halogens is 1. The number of morpholine rings is 1. The number of para-hydroxylation sites is 1. The molecule has 4 nitrogen and oxygen atoms in total. The maximum atomic E-state index is 5.58. The average molecular weight is 460 g/mol. The molecule has 2 heterocycles. The Kier molecular flexibility index (Phi) is 6.75. The Bertz CT molecular complexity index is 981. The van der Waals surface area contributed by atoms with Crippen molar-refractivity contribution < 1.29 is 4.74 Å². The minimum absolute atomic E-state index is 0. The van der Waals surface area contributed by atoms with Gasteiger partial charge in [-0.2, -0.15) is 0 Å². The van der Waals surface area contributed by atoms with Crippen LogP contribution in [-0.4, -0.2) is 31.0 Å². The van der Waals surface area contributed by atoms with E-state index >= 15 is 0 Å². The van der Waals surface area contributed by atoms with Gasteiger partial charge < -0.3 is 9.75 Å². The molecule has 4 rings (SSSR count). The molecule has 1 saturated heterocycles. The van der Waals surface area contributed by atoms with Gasteiger partial charge in [0, 0.05) is 10.9 Å². The summed E-state index contributed by atoms with van der Waals surface area (Å²) in [4.78, 5) is 5.94. The minimum Gasteiger partial charge on any atom is -0.378 e. The van der Waals surface area contributed by atoms with Crippen LogP contribution in [0, 0.1) is 20.8 Å². The lowest BCUT2D eigenvalue weighted by atomic mass is 9.98. The fourth-order valence-corrected chi connectivity index (χ4v) is 4.68. The van der Waals surface area contributed by atoms with E-state index in [1.807, 2.05) is 30.3 Å². The molecule has 148 valence electrons. The Balaban J connectivity index is 0.00000225. The standard InChI is InChI=1S/C22H25N3OS.BrH/c1-16-13-17(2)21(18(3)14-16)20-15-27-22(23-19-7-5-4-6-8-19)25(20)24-9-11-26-12-10-24;/h4-8,13-15H,9-12H2,1-3H3;1H. The molecule has 0 unspecified atom stereocenters. The van der Waals surface area contributed by atoms with E-state index in [-0.39, 0.29) is 17.0 Å². The van der Waals surface area contributed by atoms with E-state index in [0.29, 0.717) is 0 Å². The quantitative estimate of drug-likeness (QED) is 0.556. The number of nitrogens with zero attached hydrogens (tertiary/aromatic N) is 3. The third kappa shape index (κ3) is 4.24. The highest BCUT2D eigenvalue weighted by Gasteiger charge is 2.19. The number of ether oxygens (including phenoxy) is 1. The van der Waals surface area contributed by atoms with Crippen molar-refractivity contribution in [3.63, 3.8) is 0 Å². The predicted molar refractivity (Wildman–Crippen MR) is 123 cm³/mol. The summed E-state index contributed by atoms with van der Waals surface area (Å²) in [5.74, 6) is 0. The third-order valence-electron chi connectivity index (χ3n) is 4.87. The van der Waals surface area contributed by atoms with Crippen LogP contribution < -0.4 is 9.81 Å². The zero-order chi connectivity index (χ0) is 18.8. The Labute approximate surface area is 180 Å². The normalized spacial score (nSPS) is 14.8. The third-order valence-corrected chi connectivity index (χ3v) is 5.69. The van der Waals surface area contributed by atoms with Crippen LogP contribution in [0.3, 0.4) is 0 Å². The van der Waals surface area contributed by atoms with Gasteiger partial charge in [-0.3, -0.25) is 0 Å². The van der Waals surface area contributed by atoms with E-state index in [1.165, 1.54) is 27.9 Å². The molecule has 1 aromatic heterocycles. The maximum absolute atomic E-state index is 5.58. The molecular weight excluding hydrogens is 434 g/mol. The lowest BCUT2D eigenvalue weighted by Gasteiger charge is -2.31. The van der Waals surface area contributed by atoms with Crippen molar-refractivity contribution in [3.8, 4) is 11.3 Å². The molecule has 0 spiro atoms. The van der Waals surface area contributed by atoms with Crippen LogP contribution in [0.5, 0.6) is 0 Å². The summed E-state index contributed by atoms with van der Waals surface area (Å²) in [6.07, 6.45) is 0.